The minimum atomic E-state index is -0.790. The summed E-state index contributed by atoms with van der Waals surface area (Å²) in [6.07, 6.45) is 3.07. The van der Waals surface area contributed by atoms with Crippen molar-refractivity contribution in [2.24, 2.45) is 0 Å². The highest BCUT2D eigenvalue weighted by molar-refractivity contribution is 7.84. The van der Waals surface area contributed by atoms with E-state index in [4.69, 9.17) is 0 Å². The summed E-state index contributed by atoms with van der Waals surface area (Å²) in [5.74, 6) is 0.133. The van der Waals surface area contributed by atoms with Crippen molar-refractivity contribution in [2.75, 3.05) is 24.7 Å². The second-order valence-corrected chi connectivity index (χ2v) is 7.12. The van der Waals surface area contributed by atoms with Crippen molar-refractivity contribution in [3.63, 3.8) is 0 Å². The molecule has 20 heavy (non-hydrogen) atoms. The molecule has 110 valence electrons. The lowest BCUT2D eigenvalue weighted by molar-refractivity contribution is -0.119. The highest BCUT2D eigenvalue weighted by atomic mass is 32.2. The molecular weight excluding hydrogens is 272 g/mol. The summed E-state index contributed by atoms with van der Waals surface area (Å²) < 4.78 is 11.3. The van der Waals surface area contributed by atoms with Gasteiger partial charge in [-0.3, -0.25) is 9.00 Å². The maximum Gasteiger partial charge on any atom is 0.228 e. The third-order valence-electron chi connectivity index (χ3n) is 3.93. The highest BCUT2D eigenvalue weighted by Gasteiger charge is 2.28. The molecule has 0 spiro atoms. The largest absolute Gasteiger partial charge is 0.315 e. The Morgan fingerprint density at radius 2 is 2.15 bits per heavy atom. The molecule has 0 aliphatic carbocycles. The molecule has 2 rings (SSSR count). The minimum absolute atomic E-state index is 0.0624. The Morgan fingerprint density at radius 3 is 2.85 bits per heavy atom. The third-order valence-corrected chi connectivity index (χ3v) is 5.30. The lowest BCUT2D eigenvalue weighted by atomic mass is 9.96. The van der Waals surface area contributed by atoms with Crippen LogP contribution in [0.4, 0.5) is 5.69 Å². The molecule has 1 amide bonds. The molecule has 0 saturated heterocycles. The lowest BCUT2D eigenvalue weighted by Crippen LogP contribution is -2.38. The van der Waals surface area contributed by atoms with Crippen molar-refractivity contribution in [2.45, 2.75) is 31.1 Å². The van der Waals surface area contributed by atoms with Crippen LogP contribution in [0, 0.1) is 0 Å². The minimum Gasteiger partial charge on any atom is -0.315 e. The number of rotatable bonds is 5. The number of anilines is 1. The second-order valence-electron chi connectivity index (χ2n) is 5.32. The van der Waals surface area contributed by atoms with E-state index in [2.05, 4.69) is 11.4 Å². The van der Waals surface area contributed by atoms with E-state index >= 15 is 0 Å². The highest BCUT2D eigenvalue weighted by Crippen LogP contribution is 2.33. The predicted molar refractivity (Wildman–Crippen MR) is 83.4 cm³/mol. The smallest absolute Gasteiger partial charge is 0.228 e. The number of nitrogens with zero attached hydrogens (tertiary/aromatic N) is 1. The average Bonchev–Trinajstić information content (AvgIpc) is 2.44. The van der Waals surface area contributed by atoms with Gasteiger partial charge in [0.2, 0.25) is 5.91 Å². The Kier molecular flexibility index (Phi) is 4.94. The van der Waals surface area contributed by atoms with Gasteiger partial charge in [0.05, 0.1) is 0 Å². The van der Waals surface area contributed by atoms with E-state index in [1.165, 1.54) is 5.56 Å². The zero-order valence-corrected chi connectivity index (χ0v) is 13.1. The van der Waals surface area contributed by atoms with Crippen LogP contribution in [0.1, 0.15) is 31.4 Å². The maximum atomic E-state index is 12.0. The molecule has 1 heterocycles. The van der Waals surface area contributed by atoms with E-state index in [1.807, 2.05) is 32.2 Å². The Hall–Kier alpha value is -1.20. The van der Waals surface area contributed by atoms with E-state index in [1.54, 1.807) is 11.2 Å². The van der Waals surface area contributed by atoms with Crippen LogP contribution in [0.15, 0.2) is 24.3 Å². The molecule has 1 aliphatic heterocycles. The van der Waals surface area contributed by atoms with E-state index in [9.17, 15) is 9.00 Å². The van der Waals surface area contributed by atoms with Gasteiger partial charge in [-0.05, 0) is 24.6 Å². The van der Waals surface area contributed by atoms with Crippen LogP contribution in [-0.2, 0) is 15.6 Å². The fraction of sp³-hybridized carbons (Fsp3) is 0.533. The summed E-state index contributed by atoms with van der Waals surface area (Å²) >= 11 is 0. The van der Waals surface area contributed by atoms with Gasteiger partial charge in [0.1, 0.15) is 0 Å². The summed E-state index contributed by atoms with van der Waals surface area (Å²) in [4.78, 5) is 13.7. The van der Waals surface area contributed by atoms with Gasteiger partial charge in [0.15, 0.2) is 0 Å². The summed E-state index contributed by atoms with van der Waals surface area (Å²) in [7, 11) is 1.03. The molecular formula is C15H22N2O2S. The average molecular weight is 294 g/mol. The summed E-state index contributed by atoms with van der Waals surface area (Å²) in [6, 6.07) is 8.06. The summed E-state index contributed by atoms with van der Waals surface area (Å²) in [6.45, 7) is 2.77. The first-order chi connectivity index (χ1) is 9.50. The number of hydrogen-bond acceptors (Lipinski definition) is 3. The molecule has 5 heteroatoms. The number of amides is 1. The number of para-hydroxylation sites is 1. The molecule has 1 aromatic rings. The van der Waals surface area contributed by atoms with Gasteiger partial charge in [0.25, 0.3) is 0 Å². The van der Waals surface area contributed by atoms with Crippen molar-refractivity contribution >= 4 is 22.4 Å². The number of fused-ring (bicyclic) bond motifs is 1. The number of hydrogen-bond donors (Lipinski definition) is 1. The van der Waals surface area contributed by atoms with Crippen LogP contribution in [0.2, 0.25) is 0 Å². The van der Waals surface area contributed by atoms with Gasteiger partial charge < -0.3 is 10.2 Å². The van der Waals surface area contributed by atoms with Crippen LogP contribution in [0.5, 0.6) is 0 Å². The Bertz CT molecular complexity index is 518. The fourth-order valence-electron chi connectivity index (χ4n) is 2.45. The normalized spacial score (nSPS) is 21.4. The molecule has 4 nitrogen and oxygen atoms in total. The first kappa shape index (κ1) is 15.2. The van der Waals surface area contributed by atoms with Crippen LogP contribution < -0.4 is 10.2 Å². The first-order valence-corrected chi connectivity index (χ1v) is 8.54. The van der Waals surface area contributed by atoms with Crippen molar-refractivity contribution in [3.8, 4) is 0 Å². The molecule has 0 radical (unpaired) electrons. The zero-order chi connectivity index (χ0) is 14.7. The molecule has 0 bridgehead atoms. The molecule has 0 aromatic heterocycles. The molecule has 3 unspecified atom stereocenters. The van der Waals surface area contributed by atoms with Crippen LogP contribution in [0.3, 0.4) is 0 Å². The SMILES string of the molecule is CC(CCNC1CC(=O)N(C)c2ccccc21)S(C)=O. The predicted octanol–water partition coefficient (Wildman–Crippen LogP) is 1.84. The summed E-state index contributed by atoms with van der Waals surface area (Å²) in [5, 5.41) is 3.61. The van der Waals surface area contributed by atoms with Crippen LogP contribution >= 0.6 is 0 Å². The van der Waals surface area contributed by atoms with E-state index < -0.39 is 10.8 Å². The zero-order valence-electron chi connectivity index (χ0n) is 12.3. The lowest BCUT2D eigenvalue weighted by Gasteiger charge is -2.32. The van der Waals surface area contributed by atoms with Crippen LogP contribution in [-0.4, -0.2) is 35.2 Å². The number of benzene rings is 1. The topological polar surface area (TPSA) is 49.4 Å². The summed E-state index contributed by atoms with van der Waals surface area (Å²) in [5.41, 5.74) is 2.15. The molecule has 1 aliphatic rings. The van der Waals surface area contributed by atoms with Gasteiger partial charge in [-0.1, -0.05) is 25.1 Å². The molecule has 1 N–H and O–H groups in total. The number of nitrogens with one attached hydrogen (secondary N) is 1. The van der Waals surface area contributed by atoms with Crippen molar-refractivity contribution in [1.29, 1.82) is 0 Å². The molecule has 1 aromatic carbocycles. The number of carbonyl (C=O) groups excluding carboxylic acids is 1. The van der Waals surface area contributed by atoms with Crippen molar-refractivity contribution in [1.82, 2.24) is 5.32 Å². The molecule has 0 fully saturated rings. The van der Waals surface area contributed by atoms with Crippen molar-refractivity contribution < 1.29 is 9.00 Å². The number of carbonyl (C=O) groups is 1. The van der Waals surface area contributed by atoms with Gasteiger partial charge >= 0.3 is 0 Å². The fourth-order valence-corrected chi connectivity index (χ4v) is 2.90. The van der Waals surface area contributed by atoms with E-state index in [0.29, 0.717) is 6.42 Å². The quantitative estimate of drug-likeness (QED) is 0.901. The molecule has 0 saturated carbocycles. The molecule has 3 atom stereocenters. The Labute approximate surface area is 123 Å². The monoisotopic (exact) mass is 294 g/mol. The Balaban J connectivity index is 2.04. The second kappa shape index (κ2) is 6.50. The standard InChI is InChI=1S/C15H22N2O2S/c1-11(20(3)19)8-9-16-13-10-15(18)17(2)14-7-5-4-6-12(13)14/h4-7,11,13,16H,8-10H2,1-3H3. The van der Waals surface area contributed by atoms with Gasteiger partial charge in [-0.2, -0.15) is 0 Å². The Morgan fingerprint density at radius 1 is 1.45 bits per heavy atom. The maximum absolute atomic E-state index is 12.0. The van der Waals surface area contributed by atoms with Gasteiger partial charge in [-0.25, -0.2) is 0 Å². The van der Waals surface area contributed by atoms with Gasteiger partial charge in [-0.15, -0.1) is 0 Å². The van der Waals surface area contributed by atoms with Crippen LogP contribution in [0.25, 0.3) is 0 Å². The first-order valence-electron chi connectivity index (χ1n) is 6.91. The van der Waals surface area contributed by atoms with Gasteiger partial charge in [0, 0.05) is 47.5 Å². The third kappa shape index (κ3) is 3.27. The van der Waals surface area contributed by atoms with E-state index in [-0.39, 0.29) is 17.2 Å². The van der Waals surface area contributed by atoms with E-state index in [0.717, 1.165) is 18.7 Å². The van der Waals surface area contributed by atoms with Crippen molar-refractivity contribution in [3.05, 3.63) is 29.8 Å².